The monoisotopic (exact) mass is 496 g/mol. The summed E-state index contributed by atoms with van der Waals surface area (Å²) >= 11 is 3.36. The molecule has 0 radical (unpaired) electrons. The number of hydrogen-bond donors (Lipinski definition) is 2. The minimum absolute atomic E-state index is 0.359. The van der Waals surface area contributed by atoms with Gasteiger partial charge in [0.2, 0.25) is 0 Å². The number of rotatable bonds is 8. The van der Waals surface area contributed by atoms with E-state index in [-0.39, 0.29) is 6.54 Å². The van der Waals surface area contributed by atoms with Crippen molar-refractivity contribution in [2.75, 3.05) is 18.5 Å². The van der Waals surface area contributed by atoms with E-state index in [1.807, 2.05) is 49.4 Å². The Bertz CT molecular complexity index is 1100. The number of carbonyl (C=O) groups excluding carboxylic acids is 3. The molecule has 8 heteroatoms. The Hall–Kier alpha value is -3.65. The van der Waals surface area contributed by atoms with Crippen LogP contribution in [0.4, 0.5) is 5.69 Å². The van der Waals surface area contributed by atoms with Crippen LogP contribution in [0.1, 0.15) is 15.9 Å². The number of esters is 1. The van der Waals surface area contributed by atoms with Gasteiger partial charge in [-0.05, 0) is 76.9 Å². The van der Waals surface area contributed by atoms with Crippen LogP contribution in [-0.4, -0.2) is 30.9 Å². The molecule has 0 spiro atoms. The molecule has 32 heavy (non-hydrogen) atoms. The van der Waals surface area contributed by atoms with Crippen LogP contribution in [0.15, 0.2) is 77.3 Å². The van der Waals surface area contributed by atoms with Gasteiger partial charge in [0.1, 0.15) is 18.0 Å². The lowest BCUT2D eigenvalue weighted by atomic mass is 10.2. The van der Waals surface area contributed by atoms with Crippen LogP contribution in [0.25, 0.3) is 0 Å². The Morgan fingerprint density at radius 1 is 0.906 bits per heavy atom. The Balaban J connectivity index is 1.41. The van der Waals surface area contributed by atoms with Crippen LogP contribution < -0.4 is 15.4 Å². The number of anilines is 1. The summed E-state index contributed by atoms with van der Waals surface area (Å²) in [6.45, 7) is 1.11. The van der Waals surface area contributed by atoms with Gasteiger partial charge < -0.3 is 20.1 Å². The second kappa shape index (κ2) is 11.1. The van der Waals surface area contributed by atoms with Crippen molar-refractivity contribution in [2.24, 2.45) is 0 Å². The number of benzene rings is 3. The smallest absolute Gasteiger partial charge is 0.325 e. The lowest BCUT2D eigenvalue weighted by molar-refractivity contribution is -0.146. The summed E-state index contributed by atoms with van der Waals surface area (Å²) in [6.07, 6.45) is 0. The number of para-hydroxylation sites is 1. The van der Waals surface area contributed by atoms with Gasteiger partial charge >= 0.3 is 5.97 Å². The SMILES string of the molecule is Cc1ccc(NC(=O)COC(=O)CNC(=O)c2ccc(Oc3ccccc3)cc2)c(Br)c1. The van der Waals surface area contributed by atoms with Gasteiger partial charge in [-0.2, -0.15) is 0 Å². The van der Waals surface area contributed by atoms with E-state index in [1.165, 1.54) is 0 Å². The van der Waals surface area contributed by atoms with Crippen molar-refractivity contribution in [2.45, 2.75) is 6.92 Å². The molecule has 0 heterocycles. The fraction of sp³-hybridized carbons (Fsp3) is 0.125. The molecule has 0 saturated carbocycles. The van der Waals surface area contributed by atoms with Crippen LogP contribution in [-0.2, 0) is 14.3 Å². The summed E-state index contributed by atoms with van der Waals surface area (Å²) in [5.41, 5.74) is 1.97. The molecule has 0 bridgehead atoms. The van der Waals surface area contributed by atoms with Crippen molar-refractivity contribution in [3.8, 4) is 11.5 Å². The van der Waals surface area contributed by atoms with Crippen molar-refractivity contribution in [3.63, 3.8) is 0 Å². The number of halogens is 1. The summed E-state index contributed by atoms with van der Waals surface area (Å²) in [4.78, 5) is 36.0. The second-order valence-corrected chi connectivity index (χ2v) is 7.67. The van der Waals surface area contributed by atoms with Gasteiger partial charge in [-0.15, -0.1) is 0 Å². The predicted octanol–water partition coefficient (Wildman–Crippen LogP) is 4.46. The zero-order valence-electron chi connectivity index (χ0n) is 17.3. The number of ether oxygens (including phenoxy) is 2. The summed E-state index contributed by atoms with van der Waals surface area (Å²) in [7, 11) is 0. The van der Waals surface area contributed by atoms with Gasteiger partial charge in [-0.25, -0.2) is 0 Å². The maximum absolute atomic E-state index is 12.2. The van der Waals surface area contributed by atoms with Crippen molar-refractivity contribution in [1.82, 2.24) is 5.32 Å². The molecule has 2 N–H and O–H groups in total. The number of hydrogen-bond acceptors (Lipinski definition) is 5. The predicted molar refractivity (Wildman–Crippen MR) is 124 cm³/mol. The number of carbonyl (C=O) groups is 3. The molecule has 0 saturated heterocycles. The van der Waals surface area contributed by atoms with E-state index in [2.05, 4.69) is 26.6 Å². The lowest BCUT2D eigenvalue weighted by Gasteiger charge is -2.09. The summed E-state index contributed by atoms with van der Waals surface area (Å²) < 4.78 is 11.3. The van der Waals surface area contributed by atoms with Gasteiger partial charge in [-0.1, -0.05) is 24.3 Å². The van der Waals surface area contributed by atoms with E-state index in [9.17, 15) is 14.4 Å². The van der Waals surface area contributed by atoms with E-state index in [0.29, 0.717) is 22.7 Å². The quantitative estimate of drug-likeness (QED) is 0.449. The molecule has 0 aliphatic rings. The number of aryl methyl sites for hydroxylation is 1. The molecule has 0 aliphatic heterocycles. The molecule has 0 aliphatic carbocycles. The van der Waals surface area contributed by atoms with E-state index in [0.717, 1.165) is 10.0 Å². The first kappa shape index (κ1) is 23.0. The largest absolute Gasteiger partial charge is 0.457 e. The molecule has 3 rings (SSSR count). The molecule has 3 aromatic rings. The van der Waals surface area contributed by atoms with E-state index in [4.69, 9.17) is 9.47 Å². The number of amides is 2. The van der Waals surface area contributed by atoms with E-state index < -0.39 is 24.4 Å². The summed E-state index contributed by atoms with van der Waals surface area (Å²) in [5, 5.41) is 5.11. The van der Waals surface area contributed by atoms with Crippen LogP contribution in [0.2, 0.25) is 0 Å². The van der Waals surface area contributed by atoms with Crippen LogP contribution >= 0.6 is 15.9 Å². The van der Waals surface area contributed by atoms with E-state index >= 15 is 0 Å². The Morgan fingerprint density at radius 3 is 2.28 bits per heavy atom. The van der Waals surface area contributed by atoms with Crippen LogP contribution in [0.3, 0.4) is 0 Å². The van der Waals surface area contributed by atoms with Crippen molar-refractivity contribution < 1.29 is 23.9 Å². The third kappa shape index (κ3) is 6.95. The maximum Gasteiger partial charge on any atom is 0.325 e. The second-order valence-electron chi connectivity index (χ2n) is 6.81. The minimum Gasteiger partial charge on any atom is -0.457 e. The standard InChI is InChI=1S/C24H21BrN2O5/c1-16-7-12-21(20(25)13-16)27-22(28)15-31-23(29)14-26-24(30)17-8-10-19(11-9-17)32-18-5-3-2-4-6-18/h2-13H,14-15H2,1H3,(H,26,30)(H,27,28). The Labute approximate surface area is 193 Å². The fourth-order valence-corrected chi connectivity index (χ4v) is 3.25. The summed E-state index contributed by atoms with van der Waals surface area (Å²) in [6, 6.07) is 21.2. The zero-order chi connectivity index (χ0) is 22.9. The molecule has 7 nitrogen and oxygen atoms in total. The van der Waals surface area contributed by atoms with Crippen LogP contribution in [0, 0.1) is 6.92 Å². The van der Waals surface area contributed by atoms with Crippen molar-refractivity contribution in [1.29, 1.82) is 0 Å². The lowest BCUT2D eigenvalue weighted by Crippen LogP contribution is -2.32. The summed E-state index contributed by atoms with van der Waals surface area (Å²) in [5.74, 6) is -0.380. The van der Waals surface area contributed by atoms with E-state index in [1.54, 1.807) is 30.3 Å². The zero-order valence-corrected chi connectivity index (χ0v) is 18.8. The highest BCUT2D eigenvalue weighted by Crippen LogP contribution is 2.23. The number of nitrogens with one attached hydrogen (secondary N) is 2. The minimum atomic E-state index is -0.722. The highest BCUT2D eigenvalue weighted by Gasteiger charge is 2.12. The third-order valence-corrected chi connectivity index (χ3v) is 4.91. The van der Waals surface area contributed by atoms with Gasteiger partial charge in [-0.3, -0.25) is 14.4 Å². The van der Waals surface area contributed by atoms with Crippen molar-refractivity contribution in [3.05, 3.63) is 88.4 Å². The Morgan fingerprint density at radius 2 is 1.59 bits per heavy atom. The van der Waals surface area contributed by atoms with Crippen molar-refractivity contribution >= 4 is 39.4 Å². The van der Waals surface area contributed by atoms with Gasteiger partial charge in [0.15, 0.2) is 6.61 Å². The molecule has 0 fully saturated rings. The molecule has 164 valence electrons. The average Bonchev–Trinajstić information content (AvgIpc) is 2.79. The molecular formula is C24H21BrN2O5. The molecular weight excluding hydrogens is 476 g/mol. The highest BCUT2D eigenvalue weighted by atomic mass is 79.9. The molecule has 0 atom stereocenters. The molecule has 0 aromatic heterocycles. The molecule has 3 aromatic carbocycles. The first-order chi connectivity index (χ1) is 15.4. The van der Waals surface area contributed by atoms with Gasteiger partial charge in [0.25, 0.3) is 11.8 Å². The first-order valence-electron chi connectivity index (χ1n) is 9.73. The molecule has 2 amide bonds. The van der Waals surface area contributed by atoms with Crippen LogP contribution in [0.5, 0.6) is 11.5 Å². The van der Waals surface area contributed by atoms with Gasteiger partial charge in [0, 0.05) is 10.0 Å². The highest BCUT2D eigenvalue weighted by molar-refractivity contribution is 9.10. The third-order valence-electron chi connectivity index (χ3n) is 4.25. The molecule has 0 unspecified atom stereocenters. The maximum atomic E-state index is 12.2. The normalized spacial score (nSPS) is 10.2. The average molecular weight is 497 g/mol. The first-order valence-corrected chi connectivity index (χ1v) is 10.5. The van der Waals surface area contributed by atoms with Gasteiger partial charge in [0.05, 0.1) is 5.69 Å². The Kier molecular flexibility index (Phi) is 7.99. The fourth-order valence-electron chi connectivity index (χ4n) is 2.66. The topological polar surface area (TPSA) is 93.7 Å².